The van der Waals surface area contributed by atoms with Crippen molar-refractivity contribution in [1.82, 2.24) is 5.32 Å². The third kappa shape index (κ3) is 4.80. The van der Waals surface area contributed by atoms with Crippen LogP contribution >= 0.6 is 0 Å². The molecule has 6 heteroatoms. The van der Waals surface area contributed by atoms with Crippen molar-refractivity contribution >= 4 is 17.8 Å². The molecule has 0 saturated heterocycles. The Bertz CT molecular complexity index is 872. The van der Waals surface area contributed by atoms with E-state index in [1.807, 2.05) is 12.1 Å². The highest BCUT2D eigenvalue weighted by Gasteiger charge is 2.56. The minimum Gasteiger partial charge on any atom is -0.464 e. The van der Waals surface area contributed by atoms with Crippen LogP contribution in [0.1, 0.15) is 63.9 Å². The molecule has 4 aliphatic rings. The first-order valence-electron chi connectivity index (χ1n) is 12.8. The van der Waals surface area contributed by atoms with Crippen LogP contribution in [0.25, 0.3) is 0 Å². The number of esters is 2. The number of fused-ring (bicyclic) bond motifs is 2. The minimum absolute atomic E-state index is 0.0126. The van der Waals surface area contributed by atoms with Gasteiger partial charge in [0, 0.05) is 12.3 Å². The monoisotopic (exact) mass is 453 g/mol. The van der Waals surface area contributed by atoms with Crippen molar-refractivity contribution in [2.75, 3.05) is 6.61 Å². The van der Waals surface area contributed by atoms with E-state index >= 15 is 0 Å². The molecule has 33 heavy (non-hydrogen) atoms. The number of hydrogen-bond acceptors (Lipinski definition) is 5. The molecule has 1 aromatic carbocycles. The zero-order valence-corrected chi connectivity index (χ0v) is 19.5. The second-order valence-corrected chi connectivity index (χ2v) is 10.4. The molecule has 0 bridgehead atoms. The van der Waals surface area contributed by atoms with E-state index < -0.39 is 12.0 Å². The number of hydrogen-bond donors (Lipinski definition) is 1. The van der Waals surface area contributed by atoms with Gasteiger partial charge in [0.1, 0.15) is 11.8 Å². The maximum atomic E-state index is 12.9. The highest BCUT2D eigenvalue weighted by Crippen LogP contribution is 2.56. The smallest absolute Gasteiger partial charge is 0.328 e. The van der Waals surface area contributed by atoms with E-state index in [1.165, 1.54) is 25.7 Å². The molecule has 178 valence electrons. The molecule has 1 N–H and O–H groups in total. The topological polar surface area (TPSA) is 81.7 Å². The van der Waals surface area contributed by atoms with Crippen LogP contribution in [0, 0.1) is 35.5 Å². The van der Waals surface area contributed by atoms with Gasteiger partial charge in [-0.05, 0) is 74.0 Å². The molecule has 1 unspecified atom stereocenters. The van der Waals surface area contributed by atoms with Crippen molar-refractivity contribution in [3.8, 4) is 5.75 Å². The Morgan fingerprint density at radius 1 is 0.879 bits per heavy atom. The van der Waals surface area contributed by atoms with Gasteiger partial charge in [0.15, 0.2) is 0 Å². The van der Waals surface area contributed by atoms with E-state index in [4.69, 9.17) is 9.47 Å². The molecule has 4 fully saturated rings. The summed E-state index contributed by atoms with van der Waals surface area (Å²) in [6.45, 7) is 2.04. The molecule has 0 aromatic heterocycles. The standard InChI is InChI=1S/C27H35NO5/c1-2-32-26(30)22(28-25(29)23-18-7-3-4-8-19(18)23)15-16-11-13-17(14-12-16)33-27(31)24-20-9-5-6-10-21(20)24/h11-14,18-24H,2-10,15H2,1H3,(H,28,29)/t18-,19+,20-,21-,22+,23?/m0/s1. The van der Waals surface area contributed by atoms with Crippen molar-refractivity contribution in [1.29, 1.82) is 0 Å². The second-order valence-electron chi connectivity index (χ2n) is 10.4. The molecule has 0 radical (unpaired) electrons. The van der Waals surface area contributed by atoms with Crippen LogP contribution < -0.4 is 10.1 Å². The summed E-state index contributed by atoms with van der Waals surface area (Å²) in [5.41, 5.74) is 0.890. The van der Waals surface area contributed by atoms with Crippen LogP contribution in [0.2, 0.25) is 0 Å². The lowest BCUT2D eigenvalue weighted by Crippen LogP contribution is -2.44. The Kier molecular flexibility index (Phi) is 6.44. The van der Waals surface area contributed by atoms with Gasteiger partial charge in [-0.3, -0.25) is 9.59 Å². The summed E-state index contributed by atoms with van der Waals surface area (Å²) < 4.78 is 10.9. The van der Waals surface area contributed by atoms with E-state index in [9.17, 15) is 14.4 Å². The number of carbonyl (C=O) groups is 3. The van der Waals surface area contributed by atoms with Crippen LogP contribution in [0.3, 0.4) is 0 Å². The zero-order chi connectivity index (χ0) is 22.9. The molecular weight excluding hydrogens is 418 g/mol. The van der Waals surface area contributed by atoms with Gasteiger partial charge in [0.25, 0.3) is 0 Å². The van der Waals surface area contributed by atoms with Crippen LogP contribution in [0.15, 0.2) is 24.3 Å². The van der Waals surface area contributed by atoms with E-state index in [0.29, 0.717) is 35.8 Å². The van der Waals surface area contributed by atoms with Gasteiger partial charge in [-0.15, -0.1) is 0 Å². The maximum absolute atomic E-state index is 12.9. The molecule has 1 aromatic rings. The van der Waals surface area contributed by atoms with Gasteiger partial charge in [0.05, 0.1) is 12.5 Å². The summed E-state index contributed by atoms with van der Waals surface area (Å²) in [6, 6.07) is 6.57. The molecule has 6 nitrogen and oxygen atoms in total. The first-order valence-corrected chi connectivity index (χ1v) is 12.8. The van der Waals surface area contributed by atoms with Crippen molar-refractivity contribution in [2.24, 2.45) is 35.5 Å². The molecular formula is C27H35NO5. The van der Waals surface area contributed by atoms with Crippen molar-refractivity contribution in [2.45, 2.75) is 70.8 Å². The van der Waals surface area contributed by atoms with Crippen LogP contribution in [-0.4, -0.2) is 30.5 Å². The fourth-order valence-electron chi connectivity index (χ4n) is 6.54. The average Bonchev–Trinajstić information content (AvgIpc) is 3.72. The van der Waals surface area contributed by atoms with Gasteiger partial charge in [-0.2, -0.15) is 0 Å². The minimum atomic E-state index is -0.705. The first kappa shape index (κ1) is 22.4. The number of ether oxygens (including phenoxy) is 2. The van der Waals surface area contributed by atoms with E-state index in [2.05, 4.69) is 5.32 Å². The predicted octanol–water partition coefficient (Wildman–Crippen LogP) is 4.05. The van der Waals surface area contributed by atoms with Gasteiger partial charge in [-0.1, -0.05) is 37.8 Å². The summed E-state index contributed by atoms with van der Waals surface area (Å²) in [4.78, 5) is 37.9. The Labute approximate surface area is 195 Å². The predicted molar refractivity (Wildman–Crippen MR) is 122 cm³/mol. The number of carbonyl (C=O) groups excluding carboxylic acids is 3. The van der Waals surface area contributed by atoms with E-state index in [-0.39, 0.29) is 30.3 Å². The molecule has 1 amide bonds. The molecule has 0 aliphatic heterocycles. The SMILES string of the molecule is CCOC(=O)[C@@H](Cc1ccc(OC(=O)C2[C@H]3CCCC[C@H]23)cc1)NC(=O)C1[C@H]2CCCC[C@@H]12. The summed E-state index contributed by atoms with van der Waals surface area (Å²) in [7, 11) is 0. The molecule has 5 rings (SSSR count). The number of benzene rings is 1. The second kappa shape index (κ2) is 9.47. The first-order chi connectivity index (χ1) is 16.1. The Morgan fingerprint density at radius 2 is 1.42 bits per heavy atom. The highest BCUT2D eigenvalue weighted by atomic mass is 16.5. The lowest BCUT2D eigenvalue weighted by molar-refractivity contribution is -0.147. The van der Waals surface area contributed by atoms with Crippen molar-refractivity contribution in [3.05, 3.63) is 29.8 Å². The Morgan fingerprint density at radius 3 is 1.97 bits per heavy atom. The van der Waals surface area contributed by atoms with Crippen LogP contribution in [0.4, 0.5) is 0 Å². The third-order valence-electron chi connectivity index (χ3n) is 8.36. The lowest BCUT2D eigenvalue weighted by Gasteiger charge is -2.18. The number of amides is 1. The summed E-state index contributed by atoms with van der Waals surface area (Å²) >= 11 is 0. The number of rotatable bonds is 8. The van der Waals surface area contributed by atoms with Gasteiger partial charge < -0.3 is 14.8 Å². The summed E-state index contributed by atoms with van der Waals surface area (Å²) in [5, 5.41) is 2.97. The van der Waals surface area contributed by atoms with Crippen LogP contribution in [-0.2, 0) is 25.5 Å². The Balaban J connectivity index is 1.17. The third-order valence-corrected chi connectivity index (χ3v) is 8.36. The summed E-state index contributed by atoms with van der Waals surface area (Å²) in [5.74, 6) is 2.16. The molecule has 0 heterocycles. The fourth-order valence-corrected chi connectivity index (χ4v) is 6.54. The molecule has 4 saturated carbocycles. The molecule has 6 atom stereocenters. The van der Waals surface area contributed by atoms with Crippen LogP contribution in [0.5, 0.6) is 5.75 Å². The normalized spacial score (nSPS) is 32.5. The van der Waals surface area contributed by atoms with Crippen molar-refractivity contribution in [3.63, 3.8) is 0 Å². The fraction of sp³-hybridized carbons (Fsp3) is 0.667. The summed E-state index contributed by atoms with van der Waals surface area (Å²) in [6.07, 6.45) is 9.73. The van der Waals surface area contributed by atoms with Crippen molar-refractivity contribution < 1.29 is 23.9 Å². The lowest BCUT2D eigenvalue weighted by atomic mass is 10.0. The highest BCUT2D eigenvalue weighted by molar-refractivity contribution is 5.88. The maximum Gasteiger partial charge on any atom is 0.328 e. The largest absolute Gasteiger partial charge is 0.464 e. The zero-order valence-electron chi connectivity index (χ0n) is 19.5. The quantitative estimate of drug-likeness (QED) is 0.474. The number of nitrogens with one attached hydrogen (secondary N) is 1. The Hall–Kier alpha value is -2.37. The van der Waals surface area contributed by atoms with Gasteiger partial charge in [0.2, 0.25) is 5.91 Å². The average molecular weight is 454 g/mol. The molecule has 0 spiro atoms. The van der Waals surface area contributed by atoms with E-state index in [1.54, 1.807) is 19.1 Å². The van der Waals surface area contributed by atoms with E-state index in [0.717, 1.165) is 31.2 Å². The van der Waals surface area contributed by atoms with Gasteiger partial charge >= 0.3 is 11.9 Å². The molecule has 4 aliphatic carbocycles. The van der Waals surface area contributed by atoms with Gasteiger partial charge in [-0.25, -0.2) is 4.79 Å².